The minimum atomic E-state index is -1.47. The highest BCUT2D eigenvalue weighted by molar-refractivity contribution is 7.80. The summed E-state index contributed by atoms with van der Waals surface area (Å²) in [5.74, 6) is -1.26. The number of ether oxygens (including phenoxy) is 1. The molecule has 0 radical (unpaired) electrons. The summed E-state index contributed by atoms with van der Waals surface area (Å²) in [5, 5.41) is 11.6. The number of benzene rings is 2. The highest BCUT2D eigenvalue weighted by Gasteiger charge is 2.35. The average Bonchev–Trinajstić information content (AvgIpc) is 2.94. The summed E-state index contributed by atoms with van der Waals surface area (Å²) in [6.07, 6.45) is -0.763. The minimum Gasteiger partial charge on any atom is -0.479 e. The Morgan fingerprint density at radius 3 is 2.12 bits per heavy atom. The van der Waals surface area contributed by atoms with Gasteiger partial charge in [-0.05, 0) is 29.2 Å². The van der Waals surface area contributed by atoms with Crippen LogP contribution in [-0.2, 0) is 9.53 Å². The van der Waals surface area contributed by atoms with Gasteiger partial charge in [-0.25, -0.2) is 9.59 Å². The third-order valence-corrected chi connectivity index (χ3v) is 5.14. The summed E-state index contributed by atoms with van der Waals surface area (Å²) >= 11 is 3.99. The predicted molar refractivity (Wildman–Crippen MR) is 98.1 cm³/mol. The van der Waals surface area contributed by atoms with Gasteiger partial charge in [0.15, 0.2) is 0 Å². The Bertz CT molecular complexity index is 777. The molecule has 1 aliphatic carbocycles. The number of aliphatic carboxylic acids is 1. The zero-order valence-electron chi connectivity index (χ0n) is 13.7. The molecule has 0 spiro atoms. The lowest BCUT2D eigenvalue weighted by Crippen LogP contribution is -2.54. The average molecular weight is 357 g/mol. The number of carboxylic acids is 1. The van der Waals surface area contributed by atoms with E-state index >= 15 is 0 Å². The number of hydrogen-bond donors (Lipinski definition) is 3. The van der Waals surface area contributed by atoms with Crippen molar-refractivity contribution in [2.24, 2.45) is 0 Å². The molecular weight excluding hydrogens is 338 g/mol. The molecule has 0 heterocycles. The van der Waals surface area contributed by atoms with Gasteiger partial charge >= 0.3 is 12.1 Å². The van der Waals surface area contributed by atoms with Crippen LogP contribution in [0.1, 0.15) is 24.0 Å². The fourth-order valence-corrected chi connectivity index (χ4v) is 3.23. The van der Waals surface area contributed by atoms with E-state index < -0.39 is 17.6 Å². The van der Waals surface area contributed by atoms with Gasteiger partial charge in [-0.3, -0.25) is 0 Å². The second-order valence-corrected chi connectivity index (χ2v) is 6.56. The molecule has 1 aliphatic rings. The first-order valence-corrected chi connectivity index (χ1v) is 8.57. The third-order valence-electron chi connectivity index (χ3n) is 4.51. The second kappa shape index (κ2) is 6.80. The number of carbonyl (C=O) groups is 2. The number of carbonyl (C=O) groups excluding carboxylic acids is 1. The number of carboxylic acid groups (broad SMARTS) is 1. The molecule has 1 atom stereocenters. The highest BCUT2D eigenvalue weighted by atomic mass is 32.1. The fraction of sp³-hybridized carbons (Fsp3) is 0.263. The van der Waals surface area contributed by atoms with E-state index in [0.717, 1.165) is 22.3 Å². The van der Waals surface area contributed by atoms with E-state index in [-0.39, 0.29) is 18.3 Å². The molecule has 0 saturated heterocycles. The van der Waals surface area contributed by atoms with Crippen LogP contribution in [0.25, 0.3) is 11.1 Å². The minimum absolute atomic E-state index is 0.0352. The number of hydrogen-bond acceptors (Lipinski definition) is 4. The van der Waals surface area contributed by atoms with Crippen molar-refractivity contribution in [3.63, 3.8) is 0 Å². The van der Waals surface area contributed by atoms with E-state index in [9.17, 15) is 14.7 Å². The lowest BCUT2D eigenvalue weighted by atomic mass is 9.98. The molecule has 130 valence electrons. The van der Waals surface area contributed by atoms with Crippen molar-refractivity contribution in [2.75, 3.05) is 12.4 Å². The van der Waals surface area contributed by atoms with Crippen molar-refractivity contribution in [2.45, 2.75) is 18.4 Å². The molecule has 0 bridgehead atoms. The number of alkyl carbamates (subject to hydrolysis) is 1. The molecule has 2 aromatic rings. The van der Waals surface area contributed by atoms with Crippen molar-refractivity contribution in [1.29, 1.82) is 0 Å². The zero-order valence-corrected chi connectivity index (χ0v) is 14.6. The van der Waals surface area contributed by atoms with Crippen molar-refractivity contribution < 1.29 is 19.4 Å². The Balaban J connectivity index is 1.76. The van der Waals surface area contributed by atoms with Crippen LogP contribution in [0, 0.1) is 0 Å². The third kappa shape index (κ3) is 3.22. The molecule has 1 amide bonds. The zero-order chi connectivity index (χ0) is 18.0. The first kappa shape index (κ1) is 17.4. The van der Waals surface area contributed by atoms with Gasteiger partial charge in [-0.1, -0.05) is 48.5 Å². The van der Waals surface area contributed by atoms with Gasteiger partial charge in [-0.2, -0.15) is 12.6 Å². The summed E-state index contributed by atoms with van der Waals surface area (Å²) in [6.45, 7) is 1.53. The number of nitrogens with one attached hydrogen (secondary N) is 1. The van der Waals surface area contributed by atoms with Gasteiger partial charge < -0.3 is 15.2 Å². The number of rotatable bonds is 5. The van der Waals surface area contributed by atoms with Gasteiger partial charge in [0.1, 0.15) is 12.1 Å². The van der Waals surface area contributed by atoms with Gasteiger partial charge in [-0.15, -0.1) is 0 Å². The van der Waals surface area contributed by atoms with Crippen LogP contribution >= 0.6 is 12.6 Å². The normalized spacial score (nSPS) is 15.0. The van der Waals surface area contributed by atoms with Crippen molar-refractivity contribution in [1.82, 2.24) is 5.32 Å². The van der Waals surface area contributed by atoms with Gasteiger partial charge in [0.2, 0.25) is 0 Å². The van der Waals surface area contributed by atoms with Crippen LogP contribution in [0.2, 0.25) is 0 Å². The van der Waals surface area contributed by atoms with Crippen molar-refractivity contribution in [3.05, 3.63) is 59.7 Å². The summed E-state index contributed by atoms with van der Waals surface area (Å²) in [6, 6.07) is 16.0. The SMILES string of the molecule is C[C@](CS)(NC(=O)OCC1c2ccccc2-c2ccccc21)C(=O)O. The fourth-order valence-electron chi connectivity index (χ4n) is 3.02. The Hall–Kier alpha value is -2.47. The smallest absolute Gasteiger partial charge is 0.408 e. The largest absolute Gasteiger partial charge is 0.479 e. The maximum atomic E-state index is 12.1. The van der Waals surface area contributed by atoms with E-state index in [1.807, 2.05) is 36.4 Å². The molecule has 6 heteroatoms. The number of fused-ring (bicyclic) bond motifs is 3. The van der Waals surface area contributed by atoms with Crippen LogP contribution in [0.4, 0.5) is 4.79 Å². The van der Waals surface area contributed by atoms with Crippen LogP contribution in [0.15, 0.2) is 48.5 Å². The Kier molecular flexibility index (Phi) is 4.72. The van der Waals surface area contributed by atoms with E-state index in [1.165, 1.54) is 6.92 Å². The molecule has 5 nitrogen and oxygen atoms in total. The molecule has 0 aromatic heterocycles. The molecule has 25 heavy (non-hydrogen) atoms. The van der Waals surface area contributed by atoms with Crippen molar-refractivity contribution in [3.8, 4) is 11.1 Å². The standard InChI is InChI=1S/C19H19NO4S/c1-19(11-25,17(21)22)20-18(23)24-10-16-14-8-4-2-6-12(14)13-7-3-5-9-15(13)16/h2-9,16,25H,10-11H2,1H3,(H,20,23)(H,21,22)/t19-/m1/s1. The van der Waals surface area contributed by atoms with Gasteiger partial charge in [0.05, 0.1) is 0 Å². The lowest BCUT2D eigenvalue weighted by molar-refractivity contribution is -0.142. The van der Waals surface area contributed by atoms with Crippen LogP contribution < -0.4 is 5.32 Å². The molecular formula is C19H19NO4S. The number of thiol groups is 1. The molecule has 2 aromatic carbocycles. The van der Waals surface area contributed by atoms with E-state index in [4.69, 9.17) is 4.74 Å². The molecule has 2 N–H and O–H groups in total. The maximum absolute atomic E-state index is 12.1. The maximum Gasteiger partial charge on any atom is 0.408 e. The van der Waals surface area contributed by atoms with Crippen LogP contribution in [-0.4, -0.2) is 35.1 Å². The molecule has 0 unspecified atom stereocenters. The topological polar surface area (TPSA) is 75.6 Å². The van der Waals surface area contributed by atoms with Crippen LogP contribution in [0.3, 0.4) is 0 Å². The molecule has 0 saturated carbocycles. The van der Waals surface area contributed by atoms with Gasteiger partial charge in [0.25, 0.3) is 0 Å². The van der Waals surface area contributed by atoms with E-state index in [0.29, 0.717) is 0 Å². The predicted octanol–water partition coefficient (Wildman–Crippen LogP) is 3.30. The summed E-state index contributed by atoms with van der Waals surface area (Å²) < 4.78 is 5.34. The first-order valence-electron chi connectivity index (χ1n) is 7.93. The summed E-state index contributed by atoms with van der Waals surface area (Å²) in [5.41, 5.74) is 3.01. The Labute approximate surface area is 151 Å². The molecule has 0 fully saturated rings. The second-order valence-electron chi connectivity index (χ2n) is 6.25. The quantitative estimate of drug-likeness (QED) is 0.718. The highest BCUT2D eigenvalue weighted by Crippen LogP contribution is 2.44. The number of amides is 1. The monoisotopic (exact) mass is 357 g/mol. The summed E-state index contributed by atoms with van der Waals surface area (Å²) in [4.78, 5) is 23.3. The Morgan fingerprint density at radius 1 is 1.12 bits per heavy atom. The van der Waals surface area contributed by atoms with E-state index in [1.54, 1.807) is 0 Å². The van der Waals surface area contributed by atoms with Gasteiger partial charge in [0, 0.05) is 11.7 Å². The first-order chi connectivity index (χ1) is 12.0. The van der Waals surface area contributed by atoms with Crippen molar-refractivity contribution >= 4 is 24.7 Å². The molecule has 0 aliphatic heterocycles. The summed E-state index contributed by atoms with van der Waals surface area (Å²) in [7, 11) is 0. The van der Waals surface area contributed by atoms with Crippen LogP contribution in [0.5, 0.6) is 0 Å². The molecule has 3 rings (SSSR count). The lowest BCUT2D eigenvalue weighted by Gasteiger charge is -2.24. The van der Waals surface area contributed by atoms with E-state index in [2.05, 4.69) is 30.1 Å². The Morgan fingerprint density at radius 2 is 1.64 bits per heavy atom.